The summed E-state index contributed by atoms with van der Waals surface area (Å²) in [4.78, 5) is 19.2. The molecular weight excluding hydrogens is 490 g/mol. The Morgan fingerprint density at radius 1 is 1.22 bits per heavy atom. The molecule has 37 heavy (non-hydrogen) atoms. The van der Waals surface area contributed by atoms with Crippen LogP contribution in [0.2, 0.25) is 5.15 Å². The summed E-state index contributed by atoms with van der Waals surface area (Å²) in [7, 11) is 0. The lowest BCUT2D eigenvalue weighted by atomic mass is 9.48. The second-order valence-corrected chi connectivity index (χ2v) is 12.2. The van der Waals surface area contributed by atoms with Crippen LogP contribution >= 0.6 is 11.6 Å². The predicted molar refractivity (Wildman–Crippen MR) is 139 cm³/mol. The molecule has 0 radical (unpaired) electrons. The minimum absolute atomic E-state index is 0.0161. The van der Waals surface area contributed by atoms with Crippen LogP contribution < -0.4 is 10.1 Å². The maximum absolute atomic E-state index is 13.6. The molecule has 2 bridgehead atoms. The Labute approximate surface area is 219 Å². The average molecular weight is 520 g/mol. The first-order chi connectivity index (χ1) is 17.9. The van der Waals surface area contributed by atoms with Crippen molar-refractivity contribution in [2.24, 2.45) is 5.92 Å². The summed E-state index contributed by atoms with van der Waals surface area (Å²) in [5.74, 6) is 1.15. The van der Waals surface area contributed by atoms with Gasteiger partial charge < -0.3 is 25.3 Å². The predicted octanol–water partition coefficient (Wildman–Crippen LogP) is 3.89. The van der Waals surface area contributed by atoms with Gasteiger partial charge in [0, 0.05) is 23.5 Å². The summed E-state index contributed by atoms with van der Waals surface area (Å²) in [5.41, 5.74) is 1.74. The standard InChI is InChI=1S/C29H30ClN3O4/c30-22-13-17-2-1-3-18(24(17)32-22)27(35)31-19-8-9-29(36)21-12-16-6-7-20(34)25-23(16)28(29,26(19)37-25)10-11-33(21)14-15-4-5-15/h1-3,6-7,13,15,19,21,26,32,34,36H,4-5,8-12,14H2,(H,31,35)/t19-,21-,26+,28+,29-/m1/s1. The fourth-order valence-corrected chi connectivity index (χ4v) is 8.40. The Hall–Kier alpha value is -2.74. The number of piperidine rings is 1. The van der Waals surface area contributed by atoms with E-state index in [1.54, 1.807) is 12.1 Å². The minimum Gasteiger partial charge on any atom is -0.504 e. The van der Waals surface area contributed by atoms with Crippen LogP contribution in [0.15, 0.2) is 36.4 Å². The lowest BCUT2D eigenvalue weighted by molar-refractivity contribution is -0.191. The van der Waals surface area contributed by atoms with Gasteiger partial charge in [0.1, 0.15) is 11.3 Å². The highest BCUT2D eigenvalue weighted by molar-refractivity contribution is 6.31. The highest BCUT2D eigenvalue weighted by atomic mass is 35.5. The van der Waals surface area contributed by atoms with E-state index in [0.717, 1.165) is 48.4 Å². The van der Waals surface area contributed by atoms with Gasteiger partial charge in [-0.2, -0.15) is 0 Å². The number of para-hydroxylation sites is 1. The smallest absolute Gasteiger partial charge is 0.253 e. The zero-order valence-corrected chi connectivity index (χ0v) is 21.2. The Morgan fingerprint density at radius 3 is 2.92 bits per heavy atom. The fraction of sp³-hybridized carbons (Fsp3) is 0.483. The first kappa shape index (κ1) is 22.3. The van der Waals surface area contributed by atoms with Crippen molar-refractivity contribution in [1.82, 2.24) is 15.2 Å². The number of amides is 1. The van der Waals surface area contributed by atoms with Crippen molar-refractivity contribution in [3.8, 4) is 11.5 Å². The van der Waals surface area contributed by atoms with Gasteiger partial charge in [0.25, 0.3) is 5.91 Å². The van der Waals surface area contributed by atoms with Gasteiger partial charge in [0.2, 0.25) is 0 Å². The number of phenols is 1. The molecule has 2 aromatic carbocycles. The summed E-state index contributed by atoms with van der Waals surface area (Å²) >= 11 is 6.19. The molecule has 3 heterocycles. The Bertz CT molecular complexity index is 1470. The zero-order chi connectivity index (χ0) is 25.1. The average Bonchev–Trinajstić information content (AvgIpc) is 3.49. The van der Waals surface area contributed by atoms with Crippen molar-refractivity contribution < 1.29 is 19.7 Å². The van der Waals surface area contributed by atoms with Crippen LogP contribution in [0.3, 0.4) is 0 Å². The number of hydrogen-bond acceptors (Lipinski definition) is 5. The molecule has 2 aliphatic heterocycles. The first-order valence-corrected chi connectivity index (χ1v) is 13.8. The number of halogens is 1. The van der Waals surface area contributed by atoms with Gasteiger partial charge in [-0.05, 0) is 74.8 Å². The van der Waals surface area contributed by atoms with Crippen molar-refractivity contribution in [2.75, 3.05) is 13.1 Å². The molecule has 2 saturated carbocycles. The third-order valence-electron chi connectivity index (χ3n) is 9.95. The topological polar surface area (TPSA) is 97.8 Å². The van der Waals surface area contributed by atoms with E-state index >= 15 is 0 Å². The van der Waals surface area contributed by atoms with E-state index in [1.807, 2.05) is 24.3 Å². The molecule has 4 N–H and O–H groups in total. The van der Waals surface area contributed by atoms with Crippen molar-refractivity contribution in [3.05, 3.63) is 58.2 Å². The van der Waals surface area contributed by atoms with Gasteiger partial charge in [-0.25, -0.2) is 0 Å². The van der Waals surface area contributed by atoms with E-state index in [1.165, 1.54) is 12.8 Å². The number of carbonyl (C=O) groups excluding carboxylic acids is 1. The summed E-state index contributed by atoms with van der Waals surface area (Å²) in [5, 5.41) is 28.0. The van der Waals surface area contributed by atoms with Crippen LogP contribution in [-0.2, 0) is 11.8 Å². The number of carbonyl (C=O) groups is 1. The third kappa shape index (κ3) is 2.88. The number of aromatic nitrogens is 1. The molecule has 8 rings (SSSR count). The molecule has 3 aliphatic carbocycles. The molecule has 1 aromatic heterocycles. The molecule has 5 aliphatic rings. The molecule has 3 aromatic rings. The summed E-state index contributed by atoms with van der Waals surface area (Å²) in [6.45, 7) is 1.93. The fourth-order valence-electron chi connectivity index (χ4n) is 8.19. The quantitative estimate of drug-likeness (QED) is 0.419. The van der Waals surface area contributed by atoms with Crippen LogP contribution in [-0.4, -0.2) is 62.9 Å². The van der Waals surface area contributed by atoms with Crippen LogP contribution in [0.5, 0.6) is 11.5 Å². The number of hydrogen-bond donors (Lipinski definition) is 4. The van der Waals surface area contributed by atoms with Crippen molar-refractivity contribution in [2.45, 2.75) is 67.7 Å². The highest BCUT2D eigenvalue weighted by Gasteiger charge is 2.73. The monoisotopic (exact) mass is 519 g/mol. The number of nitrogens with zero attached hydrogens (tertiary/aromatic N) is 1. The Morgan fingerprint density at radius 2 is 2.08 bits per heavy atom. The molecule has 8 heteroatoms. The van der Waals surface area contributed by atoms with E-state index in [0.29, 0.717) is 34.8 Å². The minimum atomic E-state index is -0.967. The number of aromatic amines is 1. The van der Waals surface area contributed by atoms with Gasteiger partial charge in [-0.15, -0.1) is 0 Å². The van der Waals surface area contributed by atoms with Crippen LogP contribution in [0.4, 0.5) is 0 Å². The third-order valence-corrected chi connectivity index (χ3v) is 10.2. The van der Waals surface area contributed by atoms with E-state index in [4.69, 9.17) is 16.3 Å². The molecular formula is C29H30ClN3O4. The molecule has 5 atom stereocenters. The van der Waals surface area contributed by atoms with Crippen LogP contribution in [0.25, 0.3) is 10.9 Å². The van der Waals surface area contributed by atoms with E-state index in [2.05, 4.69) is 15.2 Å². The van der Waals surface area contributed by atoms with Crippen LogP contribution in [0.1, 0.15) is 53.6 Å². The molecule has 1 saturated heterocycles. The van der Waals surface area contributed by atoms with Gasteiger partial charge in [-0.1, -0.05) is 29.8 Å². The second kappa shape index (κ2) is 7.43. The van der Waals surface area contributed by atoms with E-state index < -0.39 is 17.1 Å². The number of phenolic OH excluding ortho intramolecular Hbond substituents is 1. The molecule has 0 unspecified atom stereocenters. The normalized spacial score (nSPS) is 33.7. The van der Waals surface area contributed by atoms with Crippen molar-refractivity contribution in [3.63, 3.8) is 0 Å². The Balaban J connectivity index is 1.20. The van der Waals surface area contributed by atoms with Gasteiger partial charge >= 0.3 is 0 Å². The molecule has 1 spiro atoms. The maximum Gasteiger partial charge on any atom is 0.253 e. The van der Waals surface area contributed by atoms with E-state index in [-0.39, 0.29) is 23.7 Å². The SMILES string of the molecule is O=C(N[C@@H]1CC[C@@]2(O)[C@H]3Cc4ccc(O)c5c4[C@@]2(CCN3CC2CC2)[C@H]1O5)c1cccc2cc(Cl)[nH]c12. The van der Waals surface area contributed by atoms with Gasteiger partial charge in [0.05, 0.1) is 28.1 Å². The lowest BCUT2D eigenvalue weighted by Crippen LogP contribution is -2.78. The Kier molecular flexibility index (Phi) is 4.47. The number of H-pyrrole nitrogens is 1. The van der Waals surface area contributed by atoms with Gasteiger partial charge in [0.15, 0.2) is 11.5 Å². The molecule has 192 valence electrons. The summed E-state index contributed by atoms with van der Waals surface area (Å²) in [6, 6.07) is 10.8. The largest absolute Gasteiger partial charge is 0.504 e. The maximum atomic E-state index is 13.6. The number of fused-ring (bicyclic) bond motifs is 1. The zero-order valence-electron chi connectivity index (χ0n) is 20.5. The number of likely N-dealkylation sites (tertiary alicyclic amines) is 1. The highest BCUT2D eigenvalue weighted by Crippen LogP contribution is 2.65. The molecule has 3 fully saturated rings. The number of aliphatic hydroxyl groups is 1. The number of ether oxygens (including phenoxy) is 1. The summed E-state index contributed by atoms with van der Waals surface area (Å²) < 4.78 is 6.57. The molecule has 7 nitrogen and oxygen atoms in total. The summed E-state index contributed by atoms with van der Waals surface area (Å²) in [6.07, 6.45) is 4.80. The van der Waals surface area contributed by atoms with Crippen LogP contribution in [0, 0.1) is 5.92 Å². The first-order valence-electron chi connectivity index (χ1n) is 13.5. The van der Waals surface area contributed by atoms with Crippen molar-refractivity contribution >= 4 is 28.4 Å². The number of benzene rings is 2. The lowest BCUT2D eigenvalue weighted by Gasteiger charge is -2.64. The number of nitrogens with one attached hydrogen (secondary N) is 2. The van der Waals surface area contributed by atoms with E-state index in [9.17, 15) is 15.0 Å². The van der Waals surface area contributed by atoms with Gasteiger partial charge in [-0.3, -0.25) is 9.69 Å². The second-order valence-electron chi connectivity index (χ2n) is 11.8. The number of aromatic hydroxyl groups is 1. The number of rotatable bonds is 4. The van der Waals surface area contributed by atoms with Crippen molar-refractivity contribution in [1.29, 1.82) is 0 Å². The molecule has 1 amide bonds.